The summed E-state index contributed by atoms with van der Waals surface area (Å²) in [5.74, 6) is 1.51. The number of rotatable bonds is 7. The molecule has 1 aliphatic carbocycles. The van der Waals surface area contributed by atoms with Gasteiger partial charge in [-0.25, -0.2) is 9.97 Å². The Morgan fingerprint density at radius 2 is 1.80 bits per heavy atom. The van der Waals surface area contributed by atoms with Crippen LogP contribution in [0.3, 0.4) is 0 Å². The summed E-state index contributed by atoms with van der Waals surface area (Å²) in [4.78, 5) is 37.7. The van der Waals surface area contributed by atoms with Crippen LogP contribution in [0.4, 0.5) is 0 Å². The molecule has 0 aliphatic heterocycles. The molecule has 4 aromatic rings. The Bertz CT molecular complexity index is 1250. The lowest BCUT2D eigenvalue weighted by Gasteiger charge is -2.12. The first-order valence-corrected chi connectivity index (χ1v) is 10.4. The number of imidazole rings is 1. The smallest absolute Gasteiger partial charge is 0.261 e. The van der Waals surface area contributed by atoms with Gasteiger partial charge in [-0.05, 0) is 37.1 Å². The van der Waals surface area contributed by atoms with Crippen LogP contribution >= 0.6 is 0 Å². The van der Waals surface area contributed by atoms with Crippen molar-refractivity contribution in [3.63, 3.8) is 0 Å². The Morgan fingerprint density at radius 1 is 1.03 bits per heavy atom. The summed E-state index contributed by atoms with van der Waals surface area (Å²) in [5, 5.41) is 3.59. The SMILES string of the molecule is O=C(CCc1nc2ccccc2c(=O)n1C1CC1)NCCc1nc2ccccc2[nH]1. The van der Waals surface area contributed by atoms with Crippen molar-refractivity contribution in [2.45, 2.75) is 38.1 Å². The number of amides is 1. The maximum absolute atomic E-state index is 12.9. The molecule has 1 saturated carbocycles. The van der Waals surface area contributed by atoms with Crippen molar-refractivity contribution in [1.29, 1.82) is 0 Å². The maximum atomic E-state index is 12.9. The van der Waals surface area contributed by atoms with Crippen LogP contribution in [0.2, 0.25) is 0 Å². The molecule has 30 heavy (non-hydrogen) atoms. The third-order valence-corrected chi connectivity index (χ3v) is 5.49. The lowest BCUT2D eigenvalue weighted by atomic mass is 10.2. The summed E-state index contributed by atoms with van der Waals surface area (Å²) < 4.78 is 1.80. The molecule has 1 aliphatic rings. The number of aromatic amines is 1. The Hall–Kier alpha value is -3.48. The van der Waals surface area contributed by atoms with E-state index in [1.165, 1.54) is 0 Å². The zero-order chi connectivity index (χ0) is 20.5. The number of fused-ring (bicyclic) bond motifs is 2. The molecular weight excluding hydrogens is 378 g/mol. The number of para-hydroxylation sites is 3. The van der Waals surface area contributed by atoms with Gasteiger partial charge in [0.2, 0.25) is 5.91 Å². The number of carbonyl (C=O) groups excluding carboxylic acids is 1. The van der Waals surface area contributed by atoms with E-state index in [-0.39, 0.29) is 17.5 Å². The third-order valence-electron chi connectivity index (χ3n) is 5.49. The number of aryl methyl sites for hydroxylation is 1. The molecule has 0 radical (unpaired) electrons. The molecule has 2 aromatic heterocycles. The van der Waals surface area contributed by atoms with Gasteiger partial charge in [0.25, 0.3) is 5.56 Å². The number of H-pyrrole nitrogens is 1. The second-order valence-electron chi connectivity index (χ2n) is 7.75. The first-order chi connectivity index (χ1) is 14.7. The highest BCUT2D eigenvalue weighted by Gasteiger charge is 2.28. The summed E-state index contributed by atoms with van der Waals surface area (Å²) in [6.45, 7) is 0.513. The van der Waals surface area contributed by atoms with Crippen LogP contribution in [-0.2, 0) is 17.6 Å². The molecule has 7 heteroatoms. The Kier molecular flexibility index (Phi) is 4.78. The highest BCUT2D eigenvalue weighted by atomic mass is 16.1. The molecule has 0 spiro atoms. The molecule has 0 saturated heterocycles. The highest BCUT2D eigenvalue weighted by molar-refractivity contribution is 5.78. The second-order valence-corrected chi connectivity index (χ2v) is 7.75. The Morgan fingerprint density at radius 3 is 2.60 bits per heavy atom. The van der Waals surface area contributed by atoms with Crippen molar-refractivity contribution >= 4 is 27.8 Å². The fourth-order valence-corrected chi connectivity index (χ4v) is 3.84. The van der Waals surface area contributed by atoms with Crippen LogP contribution < -0.4 is 10.9 Å². The monoisotopic (exact) mass is 401 g/mol. The van der Waals surface area contributed by atoms with E-state index in [4.69, 9.17) is 0 Å². The number of nitrogens with one attached hydrogen (secondary N) is 2. The standard InChI is InChI=1S/C23H23N5O2/c29-22(24-14-13-20-25-18-7-3-4-8-19(18)26-20)12-11-21-27-17-6-2-1-5-16(17)23(30)28(21)15-9-10-15/h1-8,15H,9-14H2,(H,24,29)(H,25,26). The van der Waals surface area contributed by atoms with Crippen LogP contribution in [-0.4, -0.2) is 32.0 Å². The van der Waals surface area contributed by atoms with Crippen LogP contribution in [0.15, 0.2) is 53.3 Å². The van der Waals surface area contributed by atoms with Crippen LogP contribution in [0.5, 0.6) is 0 Å². The van der Waals surface area contributed by atoms with Crippen LogP contribution in [0.1, 0.15) is 37.0 Å². The topological polar surface area (TPSA) is 92.7 Å². The summed E-state index contributed by atoms with van der Waals surface area (Å²) in [6.07, 6.45) is 3.39. The summed E-state index contributed by atoms with van der Waals surface area (Å²) in [5.41, 5.74) is 2.63. The first kappa shape index (κ1) is 18.5. The molecule has 2 aromatic carbocycles. The number of benzene rings is 2. The Labute approximate surface area is 173 Å². The van der Waals surface area contributed by atoms with Gasteiger partial charge in [-0.15, -0.1) is 0 Å². The van der Waals surface area contributed by atoms with E-state index in [1.807, 2.05) is 48.5 Å². The number of hydrogen-bond acceptors (Lipinski definition) is 4. The molecule has 0 unspecified atom stereocenters. The predicted molar refractivity (Wildman–Crippen MR) is 115 cm³/mol. The van der Waals surface area contributed by atoms with Gasteiger partial charge in [0.05, 0.1) is 21.9 Å². The van der Waals surface area contributed by atoms with Gasteiger partial charge in [0.15, 0.2) is 0 Å². The molecule has 0 atom stereocenters. The van der Waals surface area contributed by atoms with E-state index in [0.29, 0.717) is 42.5 Å². The molecule has 1 fully saturated rings. The molecule has 152 valence electrons. The minimum absolute atomic E-state index is 0.00314. The van der Waals surface area contributed by atoms with E-state index in [1.54, 1.807) is 4.57 Å². The fourth-order valence-electron chi connectivity index (χ4n) is 3.84. The van der Waals surface area contributed by atoms with Crippen molar-refractivity contribution in [2.24, 2.45) is 0 Å². The van der Waals surface area contributed by atoms with Gasteiger partial charge < -0.3 is 10.3 Å². The van der Waals surface area contributed by atoms with E-state index in [2.05, 4.69) is 20.3 Å². The normalized spacial score (nSPS) is 13.7. The van der Waals surface area contributed by atoms with Crippen LogP contribution in [0, 0.1) is 0 Å². The van der Waals surface area contributed by atoms with Crippen molar-refractivity contribution in [2.75, 3.05) is 6.54 Å². The largest absolute Gasteiger partial charge is 0.356 e. The van der Waals surface area contributed by atoms with Crippen molar-refractivity contribution in [3.05, 3.63) is 70.5 Å². The zero-order valence-corrected chi connectivity index (χ0v) is 16.6. The van der Waals surface area contributed by atoms with E-state index < -0.39 is 0 Å². The predicted octanol–water partition coefficient (Wildman–Crippen LogP) is 2.90. The van der Waals surface area contributed by atoms with E-state index in [0.717, 1.165) is 29.7 Å². The van der Waals surface area contributed by atoms with E-state index in [9.17, 15) is 9.59 Å². The van der Waals surface area contributed by atoms with Gasteiger partial charge in [-0.2, -0.15) is 0 Å². The van der Waals surface area contributed by atoms with Gasteiger partial charge in [-0.3, -0.25) is 14.2 Å². The Balaban J connectivity index is 1.22. The number of nitrogens with zero attached hydrogens (tertiary/aromatic N) is 3. The fraction of sp³-hybridized carbons (Fsp3) is 0.304. The molecule has 2 N–H and O–H groups in total. The first-order valence-electron chi connectivity index (χ1n) is 10.4. The lowest BCUT2D eigenvalue weighted by molar-refractivity contribution is -0.121. The number of carbonyl (C=O) groups is 1. The van der Waals surface area contributed by atoms with Crippen molar-refractivity contribution in [1.82, 2.24) is 24.8 Å². The number of aromatic nitrogens is 4. The number of hydrogen-bond donors (Lipinski definition) is 2. The average molecular weight is 401 g/mol. The maximum Gasteiger partial charge on any atom is 0.261 e. The molecule has 5 rings (SSSR count). The molecule has 0 bridgehead atoms. The van der Waals surface area contributed by atoms with Gasteiger partial charge >= 0.3 is 0 Å². The average Bonchev–Trinajstić information content (AvgIpc) is 3.50. The van der Waals surface area contributed by atoms with Gasteiger partial charge in [0, 0.05) is 31.8 Å². The summed E-state index contributed by atoms with van der Waals surface area (Å²) >= 11 is 0. The zero-order valence-electron chi connectivity index (χ0n) is 16.6. The molecular formula is C23H23N5O2. The van der Waals surface area contributed by atoms with Crippen molar-refractivity contribution in [3.8, 4) is 0 Å². The van der Waals surface area contributed by atoms with Gasteiger partial charge in [0.1, 0.15) is 11.6 Å². The minimum atomic E-state index is -0.0455. The quantitative estimate of drug-likeness (QED) is 0.498. The molecule has 7 nitrogen and oxygen atoms in total. The van der Waals surface area contributed by atoms with Crippen LogP contribution in [0.25, 0.3) is 21.9 Å². The summed E-state index contributed by atoms with van der Waals surface area (Å²) in [7, 11) is 0. The minimum Gasteiger partial charge on any atom is -0.356 e. The highest BCUT2D eigenvalue weighted by Crippen LogP contribution is 2.34. The van der Waals surface area contributed by atoms with Crippen molar-refractivity contribution < 1.29 is 4.79 Å². The molecule has 2 heterocycles. The third kappa shape index (κ3) is 3.70. The summed E-state index contributed by atoms with van der Waals surface area (Å²) in [6, 6.07) is 15.5. The lowest BCUT2D eigenvalue weighted by Crippen LogP contribution is -2.28. The van der Waals surface area contributed by atoms with Gasteiger partial charge in [-0.1, -0.05) is 24.3 Å². The van der Waals surface area contributed by atoms with E-state index >= 15 is 0 Å². The molecule has 1 amide bonds. The second kappa shape index (κ2) is 7.74.